The summed E-state index contributed by atoms with van der Waals surface area (Å²) in [6, 6.07) is -0.708. The molecule has 1 rings (SSSR count). The Morgan fingerprint density at radius 1 is 1.92 bits per heavy atom. The second kappa shape index (κ2) is 3.36. The SMILES string of the molecule is Cn1cncc1C[C@@H]([NH3+])C(=O)[O-]. The van der Waals surface area contributed by atoms with Gasteiger partial charge in [-0.2, -0.15) is 0 Å². The Morgan fingerprint density at radius 3 is 3.00 bits per heavy atom. The molecule has 1 aromatic heterocycles. The second-order valence-corrected chi connectivity index (χ2v) is 2.72. The van der Waals surface area contributed by atoms with E-state index in [-0.39, 0.29) is 0 Å². The van der Waals surface area contributed by atoms with Crippen LogP contribution in [0.5, 0.6) is 0 Å². The van der Waals surface area contributed by atoms with Gasteiger partial charge >= 0.3 is 0 Å². The average molecular weight is 169 g/mol. The van der Waals surface area contributed by atoms with E-state index in [1.807, 2.05) is 7.05 Å². The van der Waals surface area contributed by atoms with E-state index in [4.69, 9.17) is 0 Å². The van der Waals surface area contributed by atoms with Gasteiger partial charge in [0.25, 0.3) is 0 Å². The Labute approximate surface area is 69.8 Å². The van der Waals surface area contributed by atoms with Crippen molar-refractivity contribution in [2.75, 3.05) is 0 Å². The van der Waals surface area contributed by atoms with Crippen LogP contribution in [-0.2, 0) is 18.3 Å². The summed E-state index contributed by atoms with van der Waals surface area (Å²) >= 11 is 0. The zero-order valence-corrected chi connectivity index (χ0v) is 6.86. The molecule has 0 fully saturated rings. The number of imidazole rings is 1. The van der Waals surface area contributed by atoms with E-state index in [9.17, 15) is 9.90 Å². The topological polar surface area (TPSA) is 85.6 Å². The van der Waals surface area contributed by atoms with Gasteiger partial charge in [-0.15, -0.1) is 0 Å². The highest BCUT2D eigenvalue weighted by Crippen LogP contribution is 1.98. The van der Waals surface area contributed by atoms with E-state index < -0.39 is 12.0 Å². The fraction of sp³-hybridized carbons (Fsp3) is 0.429. The van der Waals surface area contributed by atoms with Crippen molar-refractivity contribution in [3.05, 3.63) is 18.2 Å². The van der Waals surface area contributed by atoms with Crippen molar-refractivity contribution < 1.29 is 15.6 Å². The fourth-order valence-corrected chi connectivity index (χ4v) is 0.917. The molecular weight excluding hydrogens is 158 g/mol. The molecule has 0 saturated carbocycles. The standard InChI is InChI=1S/C7H11N3O2/c1-10-4-9-3-5(10)2-6(8)7(11)12/h3-4,6H,2,8H2,1H3,(H,11,12)/t6-/m1/s1. The number of carboxylic acid groups (broad SMARTS) is 1. The largest absolute Gasteiger partial charge is 0.544 e. The van der Waals surface area contributed by atoms with E-state index >= 15 is 0 Å². The smallest absolute Gasteiger partial charge is 0.130 e. The van der Waals surface area contributed by atoms with Crippen LogP contribution in [0.3, 0.4) is 0 Å². The highest BCUT2D eigenvalue weighted by molar-refractivity contribution is 5.69. The van der Waals surface area contributed by atoms with Gasteiger partial charge in [-0.05, 0) is 0 Å². The van der Waals surface area contributed by atoms with Crippen LogP contribution in [0.1, 0.15) is 5.69 Å². The maximum atomic E-state index is 10.3. The number of carboxylic acids is 1. The lowest BCUT2D eigenvalue weighted by molar-refractivity contribution is -0.437. The summed E-state index contributed by atoms with van der Waals surface area (Å²) < 4.78 is 1.76. The molecule has 0 aromatic carbocycles. The van der Waals surface area contributed by atoms with Gasteiger partial charge in [0.2, 0.25) is 0 Å². The molecule has 0 aliphatic carbocycles. The summed E-state index contributed by atoms with van der Waals surface area (Å²) in [6.45, 7) is 0. The van der Waals surface area contributed by atoms with Crippen molar-refractivity contribution in [3.8, 4) is 0 Å². The third-order valence-corrected chi connectivity index (χ3v) is 1.71. The van der Waals surface area contributed by atoms with Crippen molar-refractivity contribution in [2.45, 2.75) is 12.5 Å². The van der Waals surface area contributed by atoms with Crippen LogP contribution in [0.4, 0.5) is 0 Å². The maximum absolute atomic E-state index is 10.3. The number of quaternary nitrogens is 1. The summed E-state index contributed by atoms with van der Waals surface area (Å²) in [6.07, 6.45) is 3.61. The van der Waals surface area contributed by atoms with Gasteiger partial charge in [0, 0.05) is 25.4 Å². The number of aromatic nitrogens is 2. The van der Waals surface area contributed by atoms with E-state index in [0.29, 0.717) is 6.42 Å². The number of hydrogen-bond donors (Lipinski definition) is 1. The van der Waals surface area contributed by atoms with Crippen molar-refractivity contribution in [1.82, 2.24) is 9.55 Å². The van der Waals surface area contributed by atoms with Gasteiger partial charge in [0.05, 0.1) is 12.3 Å². The number of carbonyl (C=O) groups is 1. The lowest BCUT2D eigenvalue weighted by Crippen LogP contribution is -2.69. The van der Waals surface area contributed by atoms with Gasteiger partial charge in [0.15, 0.2) is 0 Å². The first-order chi connectivity index (χ1) is 5.61. The van der Waals surface area contributed by atoms with Gasteiger partial charge < -0.3 is 20.2 Å². The molecule has 1 aromatic rings. The highest BCUT2D eigenvalue weighted by atomic mass is 16.4. The Balaban J connectivity index is 2.64. The Bertz CT molecular complexity index is 282. The molecular formula is C7H11N3O2. The molecule has 12 heavy (non-hydrogen) atoms. The summed E-state index contributed by atoms with van der Waals surface area (Å²) in [4.78, 5) is 14.2. The van der Waals surface area contributed by atoms with Gasteiger partial charge in [-0.25, -0.2) is 4.98 Å². The third kappa shape index (κ3) is 1.82. The van der Waals surface area contributed by atoms with Crippen molar-refractivity contribution in [3.63, 3.8) is 0 Å². The molecule has 0 aliphatic heterocycles. The molecule has 5 nitrogen and oxygen atoms in total. The van der Waals surface area contributed by atoms with E-state index in [0.717, 1.165) is 5.69 Å². The molecule has 0 amide bonds. The monoisotopic (exact) mass is 169 g/mol. The number of hydrogen-bond acceptors (Lipinski definition) is 3. The fourth-order valence-electron chi connectivity index (χ4n) is 0.917. The number of aryl methyl sites for hydroxylation is 1. The van der Waals surface area contributed by atoms with Crippen molar-refractivity contribution in [2.24, 2.45) is 7.05 Å². The first-order valence-corrected chi connectivity index (χ1v) is 3.60. The molecule has 0 unspecified atom stereocenters. The van der Waals surface area contributed by atoms with Crippen LogP contribution in [0, 0.1) is 0 Å². The maximum Gasteiger partial charge on any atom is 0.130 e. The van der Waals surface area contributed by atoms with Crippen LogP contribution >= 0.6 is 0 Å². The second-order valence-electron chi connectivity index (χ2n) is 2.72. The normalized spacial score (nSPS) is 12.8. The minimum Gasteiger partial charge on any atom is -0.544 e. The average Bonchev–Trinajstić information content (AvgIpc) is 2.36. The predicted octanol–water partition coefficient (Wildman–Crippen LogP) is -2.68. The zero-order valence-electron chi connectivity index (χ0n) is 6.86. The lowest BCUT2D eigenvalue weighted by Gasteiger charge is -2.08. The van der Waals surface area contributed by atoms with Gasteiger partial charge in [0.1, 0.15) is 6.04 Å². The lowest BCUT2D eigenvalue weighted by atomic mass is 10.2. The molecule has 1 heterocycles. The Hall–Kier alpha value is -1.36. The Morgan fingerprint density at radius 2 is 2.58 bits per heavy atom. The molecule has 66 valence electrons. The molecule has 0 saturated heterocycles. The first kappa shape index (κ1) is 8.73. The van der Waals surface area contributed by atoms with E-state index in [1.165, 1.54) is 0 Å². The molecule has 0 radical (unpaired) electrons. The minimum absolute atomic E-state index is 0.360. The Kier molecular flexibility index (Phi) is 2.44. The van der Waals surface area contributed by atoms with Crippen molar-refractivity contribution in [1.29, 1.82) is 0 Å². The van der Waals surface area contributed by atoms with Crippen molar-refractivity contribution >= 4 is 5.97 Å². The van der Waals surface area contributed by atoms with Crippen LogP contribution in [0.2, 0.25) is 0 Å². The number of aliphatic carboxylic acids is 1. The number of nitrogens with zero attached hydrogens (tertiary/aromatic N) is 2. The van der Waals surface area contributed by atoms with E-state index in [2.05, 4.69) is 10.7 Å². The predicted molar refractivity (Wildman–Crippen MR) is 38.6 cm³/mol. The molecule has 0 aliphatic rings. The first-order valence-electron chi connectivity index (χ1n) is 3.60. The van der Waals surface area contributed by atoms with E-state index in [1.54, 1.807) is 17.1 Å². The molecule has 0 spiro atoms. The highest BCUT2D eigenvalue weighted by Gasteiger charge is 2.10. The van der Waals surface area contributed by atoms with Crippen LogP contribution < -0.4 is 10.8 Å². The molecule has 3 N–H and O–H groups in total. The van der Waals surface area contributed by atoms with Crippen LogP contribution in [0.15, 0.2) is 12.5 Å². The summed E-state index contributed by atoms with van der Waals surface area (Å²) in [5.74, 6) is -1.13. The summed E-state index contributed by atoms with van der Waals surface area (Å²) in [5, 5.41) is 10.3. The molecule has 1 atom stereocenters. The summed E-state index contributed by atoms with van der Waals surface area (Å²) in [7, 11) is 1.81. The number of rotatable bonds is 3. The minimum atomic E-state index is -1.13. The van der Waals surface area contributed by atoms with Crippen LogP contribution in [0.25, 0.3) is 0 Å². The molecule has 5 heteroatoms. The number of carbonyl (C=O) groups excluding carboxylic acids is 1. The molecule has 0 bridgehead atoms. The summed E-state index contributed by atoms with van der Waals surface area (Å²) in [5.41, 5.74) is 4.30. The van der Waals surface area contributed by atoms with Gasteiger partial charge in [-0.1, -0.05) is 0 Å². The zero-order chi connectivity index (χ0) is 9.14. The van der Waals surface area contributed by atoms with Crippen LogP contribution in [-0.4, -0.2) is 21.6 Å². The quantitative estimate of drug-likeness (QED) is 0.535. The van der Waals surface area contributed by atoms with Gasteiger partial charge in [-0.3, -0.25) is 0 Å². The third-order valence-electron chi connectivity index (χ3n) is 1.71.